The van der Waals surface area contributed by atoms with Gasteiger partial charge in [0.1, 0.15) is 0 Å². The van der Waals surface area contributed by atoms with Gasteiger partial charge in [-0.25, -0.2) is 0 Å². The van der Waals surface area contributed by atoms with Crippen LogP contribution in [-0.4, -0.2) is 11.9 Å². The van der Waals surface area contributed by atoms with E-state index < -0.39 is 0 Å². The van der Waals surface area contributed by atoms with Gasteiger partial charge >= 0.3 is 0 Å². The predicted molar refractivity (Wildman–Crippen MR) is 72.8 cm³/mol. The van der Waals surface area contributed by atoms with Gasteiger partial charge in [-0.3, -0.25) is 4.79 Å². The van der Waals surface area contributed by atoms with Crippen molar-refractivity contribution in [1.29, 1.82) is 5.26 Å². The van der Waals surface area contributed by atoms with Gasteiger partial charge in [0.05, 0.1) is 17.3 Å². The van der Waals surface area contributed by atoms with Crippen LogP contribution in [0.2, 0.25) is 0 Å². The first-order chi connectivity index (χ1) is 8.60. The summed E-state index contributed by atoms with van der Waals surface area (Å²) in [6.07, 6.45) is 2.61. The fraction of sp³-hybridized carbons (Fsp3) is 0.385. The number of hydrogen-bond donors (Lipinski definition) is 2. The topological polar surface area (TPSA) is 78.9 Å². The molecule has 1 amide bonds. The molecule has 1 aromatic carbocycles. The normalized spacial score (nSPS) is 15.8. The number of nitriles is 1. The number of nitrogens with one attached hydrogen (secondary N) is 1. The Labute approximate surface area is 114 Å². The van der Waals surface area contributed by atoms with E-state index in [-0.39, 0.29) is 11.9 Å². The molecule has 1 aliphatic rings. The fourth-order valence-electron chi connectivity index (χ4n) is 1.79. The van der Waals surface area contributed by atoms with Gasteiger partial charge in [-0.1, -0.05) is 0 Å². The third-order valence-corrected chi connectivity index (χ3v) is 3.68. The molecule has 1 saturated carbocycles. The van der Waals surface area contributed by atoms with Crippen LogP contribution >= 0.6 is 15.9 Å². The maximum absolute atomic E-state index is 11.8. The second-order valence-electron chi connectivity index (χ2n) is 4.56. The van der Waals surface area contributed by atoms with E-state index in [9.17, 15) is 4.79 Å². The molecule has 0 saturated heterocycles. The summed E-state index contributed by atoms with van der Waals surface area (Å²) >= 11 is 3.33. The molecule has 0 radical (unpaired) electrons. The second-order valence-corrected chi connectivity index (χ2v) is 5.41. The standard InChI is InChI=1S/C13H14BrN3O/c14-10-5-8(7-15)1-4-12(10)17-13(18)6-11(16)9-2-3-9/h1,4-5,9,11H,2-3,6,16H2,(H,17,18). The van der Waals surface area contributed by atoms with E-state index in [2.05, 4.69) is 21.2 Å². The molecule has 0 bridgehead atoms. The van der Waals surface area contributed by atoms with Crippen LogP contribution in [-0.2, 0) is 4.79 Å². The average Bonchev–Trinajstić information content (AvgIpc) is 3.15. The quantitative estimate of drug-likeness (QED) is 0.896. The minimum absolute atomic E-state index is 0.0397. The molecule has 0 aliphatic heterocycles. The van der Waals surface area contributed by atoms with E-state index in [4.69, 9.17) is 11.0 Å². The number of halogens is 1. The van der Waals surface area contributed by atoms with E-state index >= 15 is 0 Å². The Morgan fingerprint density at radius 3 is 2.89 bits per heavy atom. The van der Waals surface area contributed by atoms with Crippen LogP contribution in [0.3, 0.4) is 0 Å². The second kappa shape index (κ2) is 5.51. The number of amides is 1. The third-order valence-electron chi connectivity index (χ3n) is 3.02. The Bertz CT molecular complexity index is 505. The first-order valence-electron chi connectivity index (χ1n) is 5.85. The lowest BCUT2D eigenvalue weighted by Crippen LogP contribution is -2.28. The van der Waals surface area contributed by atoms with Crippen molar-refractivity contribution in [2.45, 2.75) is 25.3 Å². The van der Waals surface area contributed by atoms with Crippen molar-refractivity contribution in [2.24, 2.45) is 11.7 Å². The van der Waals surface area contributed by atoms with E-state index in [1.807, 2.05) is 6.07 Å². The predicted octanol–water partition coefficient (Wildman–Crippen LogP) is 2.39. The van der Waals surface area contributed by atoms with Crippen LogP contribution in [0.4, 0.5) is 5.69 Å². The lowest BCUT2D eigenvalue weighted by molar-refractivity contribution is -0.116. The molecule has 1 atom stereocenters. The van der Waals surface area contributed by atoms with Gasteiger partial charge in [0, 0.05) is 16.9 Å². The Balaban J connectivity index is 1.96. The maximum atomic E-state index is 11.8. The number of carbonyl (C=O) groups is 1. The molecule has 4 nitrogen and oxygen atoms in total. The highest BCUT2D eigenvalue weighted by Crippen LogP contribution is 2.33. The van der Waals surface area contributed by atoms with Crippen LogP contribution in [0, 0.1) is 17.2 Å². The molecular weight excluding hydrogens is 294 g/mol. The molecule has 1 fully saturated rings. The Morgan fingerprint density at radius 2 is 2.33 bits per heavy atom. The van der Waals surface area contributed by atoms with Gasteiger partial charge in [0.15, 0.2) is 0 Å². The first-order valence-corrected chi connectivity index (χ1v) is 6.64. The Kier molecular flexibility index (Phi) is 4.00. The zero-order chi connectivity index (χ0) is 13.1. The summed E-state index contributed by atoms with van der Waals surface area (Å²) < 4.78 is 0.704. The van der Waals surface area contributed by atoms with Crippen molar-refractivity contribution >= 4 is 27.5 Å². The minimum atomic E-state index is -0.0835. The van der Waals surface area contributed by atoms with Crippen molar-refractivity contribution in [1.82, 2.24) is 0 Å². The zero-order valence-electron chi connectivity index (χ0n) is 9.82. The molecule has 2 rings (SSSR count). The molecular formula is C13H14BrN3O. The number of anilines is 1. The van der Waals surface area contributed by atoms with E-state index in [1.165, 1.54) is 0 Å². The van der Waals surface area contributed by atoms with Crippen LogP contribution in [0.25, 0.3) is 0 Å². The van der Waals surface area contributed by atoms with Crippen LogP contribution in [0.5, 0.6) is 0 Å². The number of hydrogen-bond acceptors (Lipinski definition) is 3. The minimum Gasteiger partial charge on any atom is -0.327 e. The summed E-state index contributed by atoms with van der Waals surface area (Å²) in [5.74, 6) is 0.431. The SMILES string of the molecule is N#Cc1ccc(NC(=O)CC(N)C2CC2)c(Br)c1. The van der Waals surface area contributed by atoms with Gasteiger partial charge < -0.3 is 11.1 Å². The monoisotopic (exact) mass is 307 g/mol. The number of rotatable bonds is 4. The summed E-state index contributed by atoms with van der Waals surface area (Å²) in [7, 11) is 0. The van der Waals surface area contributed by atoms with E-state index in [1.54, 1.807) is 18.2 Å². The van der Waals surface area contributed by atoms with E-state index in [0.717, 1.165) is 12.8 Å². The van der Waals surface area contributed by atoms with Crippen molar-refractivity contribution in [3.05, 3.63) is 28.2 Å². The molecule has 3 N–H and O–H groups in total. The van der Waals surface area contributed by atoms with Gasteiger partial charge in [-0.15, -0.1) is 0 Å². The molecule has 5 heteroatoms. The molecule has 1 aromatic rings. The summed E-state index contributed by atoms with van der Waals surface area (Å²) in [6, 6.07) is 7.06. The molecule has 0 heterocycles. The summed E-state index contributed by atoms with van der Waals surface area (Å²) in [5, 5.41) is 11.5. The molecule has 0 aromatic heterocycles. The summed E-state index contributed by atoms with van der Waals surface area (Å²) in [5.41, 5.74) is 7.12. The molecule has 1 aliphatic carbocycles. The number of nitrogens with zero attached hydrogens (tertiary/aromatic N) is 1. The first kappa shape index (κ1) is 13.1. The molecule has 0 spiro atoms. The van der Waals surface area contributed by atoms with Crippen molar-refractivity contribution in [2.75, 3.05) is 5.32 Å². The lowest BCUT2D eigenvalue weighted by Gasteiger charge is -2.11. The number of carbonyl (C=O) groups excluding carboxylic acids is 1. The Morgan fingerprint density at radius 1 is 1.61 bits per heavy atom. The number of nitrogens with two attached hydrogens (primary N) is 1. The maximum Gasteiger partial charge on any atom is 0.225 e. The van der Waals surface area contributed by atoms with Crippen molar-refractivity contribution in [3.8, 4) is 6.07 Å². The summed E-state index contributed by atoms with van der Waals surface area (Å²) in [4.78, 5) is 11.8. The van der Waals surface area contributed by atoms with Crippen LogP contribution in [0.15, 0.2) is 22.7 Å². The molecule has 18 heavy (non-hydrogen) atoms. The fourth-order valence-corrected chi connectivity index (χ4v) is 2.27. The lowest BCUT2D eigenvalue weighted by atomic mass is 10.1. The smallest absolute Gasteiger partial charge is 0.225 e. The molecule has 94 valence electrons. The summed E-state index contributed by atoms with van der Waals surface area (Å²) in [6.45, 7) is 0. The van der Waals surface area contributed by atoms with Gasteiger partial charge in [0.25, 0.3) is 0 Å². The number of benzene rings is 1. The van der Waals surface area contributed by atoms with Crippen molar-refractivity contribution < 1.29 is 4.79 Å². The third kappa shape index (κ3) is 3.31. The van der Waals surface area contributed by atoms with Crippen LogP contribution < -0.4 is 11.1 Å². The largest absolute Gasteiger partial charge is 0.327 e. The van der Waals surface area contributed by atoms with E-state index in [0.29, 0.717) is 28.1 Å². The highest BCUT2D eigenvalue weighted by atomic mass is 79.9. The zero-order valence-corrected chi connectivity index (χ0v) is 11.4. The van der Waals surface area contributed by atoms with Crippen LogP contribution in [0.1, 0.15) is 24.8 Å². The van der Waals surface area contributed by atoms with Crippen molar-refractivity contribution in [3.63, 3.8) is 0 Å². The van der Waals surface area contributed by atoms with Gasteiger partial charge in [0.2, 0.25) is 5.91 Å². The molecule has 1 unspecified atom stereocenters. The van der Waals surface area contributed by atoms with Gasteiger partial charge in [-0.2, -0.15) is 5.26 Å². The average molecular weight is 308 g/mol. The van der Waals surface area contributed by atoms with Gasteiger partial charge in [-0.05, 0) is 52.9 Å². The highest BCUT2D eigenvalue weighted by Gasteiger charge is 2.29. The Hall–Kier alpha value is -1.38. The highest BCUT2D eigenvalue weighted by molar-refractivity contribution is 9.10.